The summed E-state index contributed by atoms with van der Waals surface area (Å²) < 4.78 is 14.1. The van der Waals surface area contributed by atoms with E-state index in [0.717, 1.165) is 11.6 Å². The molecule has 1 atom stereocenters. The van der Waals surface area contributed by atoms with Crippen LogP contribution in [0.2, 0.25) is 5.02 Å². The summed E-state index contributed by atoms with van der Waals surface area (Å²) in [5.41, 5.74) is 2.09. The van der Waals surface area contributed by atoms with Gasteiger partial charge in [-0.3, -0.25) is 14.5 Å². The van der Waals surface area contributed by atoms with Crippen molar-refractivity contribution < 1.29 is 14.0 Å². The van der Waals surface area contributed by atoms with Gasteiger partial charge in [0.25, 0.3) is 5.91 Å². The first-order valence-electron chi connectivity index (χ1n) is 8.77. The van der Waals surface area contributed by atoms with Crippen molar-refractivity contribution in [1.29, 1.82) is 0 Å². The van der Waals surface area contributed by atoms with Crippen LogP contribution in [0.3, 0.4) is 0 Å². The van der Waals surface area contributed by atoms with Crippen LogP contribution in [0.5, 0.6) is 0 Å². The maximum Gasteiger partial charge on any atom is 0.259 e. The van der Waals surface area contributed by atoms with E-state index in [1.165, 1.54) is 17.0 Å². The van der Waals surface area contributed by atoms with Crippen molar-refractivity contribution >= 4 is 34.8 Å². The summed E-state index contributed by atoms with van der Waals surface area (Å²) >= 11 is 5.77. The lowest BCUT2D eigenvalue weighted by molar-refractivity contribution is -0.117. The highest BCUT2D eigenvalue weighted by Gasteiger charge is 2.38. The van der Waals surface area contributed by atoms with Gasteiger partial charge in [0.15, 0.2) is 0 Å². The molecule has 0 spiro atoms. The minimum absolute atomic E-state index is 0.0254. The molecule has 6 heteroatoms. The molecule has 0 saturated heterocycles. The van der Waals surface area contributed by atoms with Gasteiger partial charge in [0.1, 0.15) is 11.9 Å². The van der Waals surface area contributed by atoms with Crippen LogP contribution < -0.4 is 10.2 Å². The molecular weight excluding hydrogens is 379 g/mol. The molecule has 0 radical (unpaired) electrons. The number of nitrogens with zero attached hydrogens (tertiary/aromatic N) is 1. The van der Waals surface area contributed by atoms with Crippen LogP contribution in [-0.2, 0) is 11.2 Å². The number of amides is 2. The summed E-state index contributed by atoms with van der Waals surface area (Å²) in [6, 6.07) is 19.4. The summed E-state index contributed by atoms with van der Waals surface area (Å²) in [5.74, 6) is -1.36. The monoisotopic (exact) mass is 394 g/mol. The van der Waals surface area contributed by atoms with Gasteiger partial charge >= 0.3 is 0 Å². The first kappa shape index (κ1) is 18.2. The maximum absolute atomic E-state index is 14.1. The molecule has 140 valence electrons. The fourth-order valence-electron chi connectivity index (χ4n) is 3.37. The summed E-state index contributed by atoms with van der Waals surface area (Å²) in [5, 5.41) is 2.82. The van der Waals surface area contributed by atoms with Crippen LogP contribution in [0.1, 0.15) is 15.9 Å². The Labute approximate surface area is 166 Å². The molecule has 0 fully saturated rings. The van der Waals surface area contributed by atoms with E-state index in [2.05, 4.69) is 5.32 Å². The van der Waals surface area contributed by atoms with Crippen molar-refractivity contribution in [2.45, 2.75) is 12.5 Å². The second-order valence-corrected chi connectivity index (χ2v) is 6.94. The molecule has 1 N–H and O–H groups in total. The van der Waals surface area contributed by atoms with Crippen LogP contribution in [0.15, 0.2) is 72.8 Å². The molecule has 0 unspecified atom stereocenters. The van der Waals surface area contributed by atoms with E-state index in [4.69, 9.17) is 11.6 Å². The van der Waals surface area contributed by atoms with E-state index >= 15 is 0 Å². The summed E-state index contributed by atoms with van der Waals surface area (Å²) in [7, 11) is 0. The van der Waals surface area contributed by atoms with E-state index in [0.29, 0.717) is 17.7 Å². The molecule has 1 aliphatic rings. The Kier molecular flexibility index (Phi) is 4.84. The summed E-state index contributed by atoms with van der Waals surface area (Å²) in [6.07, 6.45) is 0.357. The smallest absolute Gasteiger partial charge is 0.259 e. The van der Waals surface area contributed by atoms with Crippen LogP contribution in [0.4, 0.5) is 15.8 Å². The number of benzene rings is 3. The van der Waals surface area contributed by atoms with E-state index in [9.17, 15) is 14.0 Å². The van der Waals surface area contributed by atoms with Crippen molar-refractivity contribution in [1.82, 2.24) is 0 Å². The third-order valence-electron chi connectivity index (χ3n) is 4.71. The topological polar surface area (TPSA) is 49.4 Å². The van der Waals surface area contributed by atoms with Gasteiger partial charge < -0.3 is 5.32 Å². The van der Waals surface area contributed by atoms with Gasteiger partial charge in [-0.2, -0.15) is 0 Å². The zero-order valence-corrected chi connectivity index (χ0v) is 15.5. The summed E-state index contributed by atoms with van der Waals surface area (Å²) in [4.78, 5) is 27.6. The van der Waals surface area contributed by atoms with Crippen LogP contribution in [0, 0.1) is 5.82 Å². The lowest BCUT2D eigenvalue weighted by atomic mass is 10.1. The van der Waals surface area contributed by atoms with Crippen molar-refractivity contribution in [2.75, 3.05) is 10.2 Å². The van der Waals surface area contributed by atoms with Gasteiger partial charge in [0.05, 0.1) is 5.69 Å². The number of nitrogens with one attached hydrogen (secondary N) is 1. The van der Waals surface area contributed by atoms with Crippen molar-refractivity contribution in [2.24, 2.45) is 0 Å². The van der Waals surface area contributed by atoms with Gasteiger partial charge in [-0.05, 0) is 42.0 Å². The number of carbonyl (C=O) groups excluding carboxylic acids is 2. The first-order valence-corrected chi connectivity index (χ1v) is 9.15. The number of carbonyl (C=O) groups is 2. The fourth-order valence-corrected chi connectivity index (χ4v) is 3.53. The minimum Gasteiger partial charge on any atom is -0.322 e. The number of rotatable bonds is 3. The van der Waals surface area contributed by atoms with Gasteiger partial charge in [-0.15, -0.1) is 0 Å². The lowest BCUT2D eigenvalue weighted by Crippen LogP contribution is -2.45. The van der Waals surface area contributed by atoms with E-state index in [1.54, 1.807) is 24.3 Å². The normalized spacial score (nSPS) is 15.2. The number of anilines is 2. The highest BCUT2D eigenvalue weighted by atomic mass is 35.5. The number of para-hydroxylation sites is 1. The van der Waals surface area contributed by atoms with Crippen LogP contribution >= 0.6 is 11.6 Å². The largest absolute Gasteiger partial charge is 0.322 e. The molecule has 1 aliphatic heterocycles. The van der Waals surface area contributed by atoms with Crippen LogP contribution in [-0.4, -0.2) is 17.9 Å². The molecule has 0 saturated carbocycles. The average Bonchev–Trinajstić information content (AvgIpc) is 3.10. The lowest BCUT2D eigenvalue weighted by Gasteiger charge is -2.25. The highest BCUT2D eigenvalue weighted by Crippen LogP contribution is 2.34. The van der Waals surface area contributed by atoms with Crippen molar-refractivity contribution in [3.8, 4) is 0 Å². The average molecular weight is 395 g/mol. The molecule has 0 bridgehead atoms. The molecule has 4 nitrogen and oxygen atoms in total. The van der Waals surface area contributed by atoms with E-state index in [-0.39, 0.29) is 16.6 Å². The Morgan fingerprint density at radius 2 is 1.71 bits per heavy atom. The van der Waals surface area contributed by atoms with Crippen molar-refractivity contribution in [3.63, 3.8) is 0 Å². The van der Waals surface area contributed by atoms with Gasteiger partial charge in [-0.25, -0.2) is 4.39 Å². The number of fused-ring (bicyclic) bond motifs is 1. The molecule has 0 aromatic heterocycles. The SMILES string of the molecule is O=C(Nc1ccc(Cl)cc1F)[C@@H]1Cc2ccccc2N1C(=O)c1ccccc1. The molecule has 3 aromatic rings. The zero-order valence-electron chi connectivity index (χ0n) is 14.7. The van der Waals surface area contributed by atoms with Gasteiger partial charge in [0, 0.05) is 22.7 Å². The predicted octanol–water partition coefficient (Wildman–Crippen LogP) is 4.69. The second kappa shape index (κ2) is 7.44. The third-order valence-corrected chi connectivity index (χ3v) is 4.94. The number of hydrogen-bond acceptors (Lipinski definition) is 2. The minimum atomic E-state index is -0.778. The van der Waals surface area contributed by atoms with Gasteiger partial charge in [-0.1, -0.05) is 48.0 Å². The van der Waals surface area contributed by atoms with E-state index < -0.39 is 17.8 Å². The summed E-state index contributed by atoms with van der Waals surface area (Å²) in [6.45, 7) is 0. The Balaban J connectivity index is 1.67. The second-order valence-electron chi connectivity index (χ2n) is 6.50. The standard InChI is InChI=1S/C22H16ClFN2O2/c23-16-10-11-18(17(24)13-16)25-21(27)20-12-15-8-4-5-9-19(15)26(20)22(28)14-6-2-1-3-7-14/h1-11,13,20H,12H2,(H,25,27)/t20-/m0/s1. The molecule has 0 aliphatic carbocycles. The number of hydrogen-bond donors (Lipinski definition) is 1. The quantitative estimate of drug-likeness (QED) is 0.700. The third kappa shape index (κ3) is 3.37. The molecule has 28 heavy (non-hydrogen) atoms. The predicted molar refractivity (Wildman–Crippen MR) is 107 cm³/mol. The Bertz CT molecular complexity index is 1060. The Morgan fingerprint density at radius 1 is 1.00 bits per heavy atom. The van der Waals surface area contributed by atoms with Crippen molar-refractivity contribution in [3.05, 3.63) is 94.8 Å². The fraction of sp³-hybridized carbons (Fsp3) is 0.0909. The molecule has 3 aromatic carbocycles. The Hall–Kier alpha value is -3.18. The molecule has 1 heterocycles. The first-order chi connectivity index (χ1) is 13.5. The van der Waals surface area contributed by atoms with Gasteiger partial charge in [0.2, 0.25) is 5.91 Å². The molecule has 2 amide bonds. The Morgan fingerprint density at radius 3 is 2.46 bits per heavy atom. The maximum atomic E-state index is 14.1. The molecule has 4 rings (SSSR count). The zero-order chi connectivity index (χ0) is 19.7. The highest BCUT2D eigenvalue weighted by molar-refractivity contribution is 6.30. The van der Waals surface area contributed by atoms with E-state index in [1.807, 2.05) is 30.3 Å². The number of halogens is 2. The molecular formula is C22H16ClFN2O2. The van der Waals surface area contributed by atoms with Crippen LogP contribution in [0.25, 0.3) is 0 Å².